The number of carbonyl (C=O) groups excluding carboxylic acids is 1. The van der Waals surface area contributed by atoms with Crippen molar-refractivity contribution in [1.29, 1.82) is 0 Å². The van der Waals surface area contributed by atoms with E-state index in [0.717, 1.165) is 16.3 Å². The molecule has 0 aliphatic heterocycles. The predicted molar refractivity (Wildman–Crippen MR) is 138 cm³/mol. The highest BCUT2D eigenvalue weighted by Gasteiger charge is 2.24. The van der Waals surface area contributed by atoms with Crippen LogP contribution in [0.3, 0.4) is 0 Å². The number of fused-ring (bicyclic) bond motifs is 2. The first kappa shape index (κ1) is 21.1. The Bertz CT molecular complexity index is 1830. The van der Waals surface area contributed by atoms with Crippen molar-refractivity contribution in [2.45, 2.75) is 4.90 Å². The molecule has 2 heterocycles. The molecule has 6 heteroatoms. The van der Waals surface area contributed by atoms with Crippen LogP contribution in [0, 0.1) is 0 Å². The molecule has 0 bridgehead atoms. The van der Waals surface area contributed by atoms with Crippen LogP contribution < -0.4 is 0 Å². The first-order chi connectivity index (χ1) is 17.0. The van der Waals surface area contributed by atoms with E-state index in [9.17, 15) is 13.2 Å². The van der Waals surface area contributed by atoms with Gasteiger partial charge < -0.3 is 4.98 Å². The molecule has 0 amide bonds. The van der Waals surface area contributed by atoms with Crippen LogP contribution in [0.25, 0.3) is 33.1 Å². The first-order valence-electron chi connectivity index (χ1n) is 11.2. The summed E-state index contributed by atoms with van der Waals surface area (Å²) in [4.78, 5) is 16.7. The van der Waals surface area contributed by atoms with E-state index in [1.54, 1.807) is 54.6 Å². The summed E-state index contributed by atoms with van der Waals surface area (Å²) in [5.74, 6) is -0.128. The summed E-state index contributed by atoms with van der Waals surface area (Å²) in [5, 5.41) is 1.84. The van der Waals surface area contributed by atoms with Gasteiger partial charge in [-0.3, -0.25) is 4.79 Å². The van der Waals surface area contributed by atoms with Gasteiger partial charge in [0.15, 0.2) is 5.78 Å². The number of carbonyl (C=O) groups is 1. The molecule has 0 saturated heterocycles. The first-order valence-corrected chi connectivity index (χ1v) is 12.6. The van der Waals surface area contributed by atoms with Gasteiger partial charge in [-0.2, -0.15) is 0 Å². The molecule has 5 nitrogen and oxygen atoms in total. The van der Waals surface area contributed by atoms with Gasteiger partial charge in [0, 0.05) is 28.2 Å². The maximum Gasteiger partial charge on any atom is 0.268 e. The lowest BCUT2D eigenvalue weighted by Crippen LogP contribution is -2.14. The lowest BCUT2D eigenvalue weighted by atomic mass is 9.99. The normalized spacial score (nSPS) is 11.8. The number of aromatic amines is 1. The van der Waals surface area contributed by atoms with Gasteiger partial charge >= 0.3 is 0 Å². The summed E-state index contributed by atoms with van der Waals surface area (Å²) in [6, 6.07) is 32.2. The number of hydrogen-bond donors (Lipinski definition) is 1. The molecule has 0 aliphatic carbocycles. The molecule has 0 fully saturated rings. The van der Waals surface area contributed by atoms with Gasteiger partial charge in [-0.05, 0) is 53.4 Å². The van der Waals surface area contributed by atoms with Crippen LogP contribution in [0.5, 0.6) is 0 Å². The Labute approximate surface area is 202 Å². The number of H-pyrrole nitrogens is 1. The number of ketones is 1. The molecule has 170 valence electrons. The van der Waals surface area contributed by atoms with Gasteiger partial charge in [0.25, 0.3) is 10.0 Å². The zero-order valence-electron chi connectivity index (χ0n) is 18.5. The minimum atomic E-state index is -3.88. The molecule has 0 unspecified atom stereocenters. The number of nitrogens with one attached hydrogen (secondary N) is 1. The summed E-state index contributed by atoms with van der Waals surface area (Å²) in [5.41, 5.74) is 3.68. The fourth-order valence-corrected chi connectivity index (χ4v) is 6.02. The number of nitrogens with zero attached hydrogens (tertiary/aromatic N) is 1. The van der Waals surface area contributed by atoms with Crippen molar-refractivity contribution in [3.63, 3.8) is 0 Å². The lowest BCUT2D eigenvalue weighted by molar-refractivity contribution is 0.103. The highest BCUT2D eigenvalue weighted by Crippen LogP contribution is 2.33. The average Bonchev–Trinajstić information content (AvgIpc) is 3.53. The fraction of sp³-hybridized carbons (Fsp3) is 0. The standard InChI is InChI=1S/C29H20N2O3S/c32-29(24-14-13-20-15-16-30-26(20)18-24)23-9-6-8-21(17-23)28-19-22-7-4-5-12-27(22)31(28)35(33,34)25-10-2-1-3-11-25/h1-19,30H. The van der Waals surface area contributed by atoms with Crippen LogP contribution in [0.1, 0.15) is 15.9 Å². The molecule has 4 aromatic carbocycles. The van der Waals surface area contributed by atoms with E-state index in [1.165, 1.54) is 3.97 Å². The molecule has 1 N–H and O–H groups in total. The molecular weight excluding hydrogens is 456 g/mol. The Hall–Kier alpha value is -4.42. The second-order valence-electron chi connectivity index (χ2n) is 8.36. The lowest BCUT2D eigenvalue weighted by Gasteiger charge is -2.13. The number of rotatable bonds is 5. The van der Waals surface area contributed by atoms with E-state index in [4.69, 9.17) is 0 Å². The molecule has 0 atom stereocenters. The summed E-state index contributed by atoms with van der Waals surface area (Å²) in [6.07, 6.45) is 1.84. The number of para-hydroxylation sites is 1. The predicted octanol–water partition coefficient (Wildman–Crippen LogP) is 6.26. The van der Waals surface area contributed by atoms with Crippen LogP contribution >= 0.6 is 0 Å². The minimum absolute atomic E-state index is 0.128. The van der Waals surface area contributed by atoms with E-state index in [1.807, 2.05) is 60.8 Å². The Morgan fingerprint density at radius 3 is 2.31 bits per heavy atom. The fourth-order valence-electron chi connectivity index (χ4n) is 4.46. The topological polar surface area (TPSA) is 71.9 Å². The Morgan fingerprint density at radius 2 is 1.46 bits per heavy atom. The van der Waals surface area contributed by atoms with E-state index >= 15 is 0 Å². The maximum absolute atomic E-state index is 13.7. The second-order valence-corrected chi connectivity index (χ2v) is 10.1. The third-order valence-electron chi connectivity index (χ3n) is 6.19. The van der Waals surface area contributed by atoms with E-state index < -0.39 is 10.0 Å². The van der Waals surface area contributed by atoms with Gasteiger partial charge in [-0.15, -0.1) is 0 Å². The third-order valence-corrected chi connectivity index (χ3v) is 7.93. The molecule has 2 aromatic heterocycles. The smallest absolute Gasteiger partial charge is 0.268 e. The largest absolute Gasteiger partial charge is 0.361 e. The van der Waals surface area contributed by atoms with E-state index in [-0.39, 0.29) is 10.7 Å². The van der Waals surface area contributed by atoms with Gasteiger partial charge in [-0.25, -0.2) is 12.4 Å². The molecule has 0 radical (unpaired) electrons. The molecular formula is C29H20N2O3S. The molecule has 0 aliphatic rings. The van der Waals surface area contributed by atoms with Gasteiger partial charge in [0.2, 0.25) is 0 Å². The Kier molecular flexibility index (Phi) is 4.90. The zero-order valence-corrected chi connectivity index (χ0v) is 19.4. The van der Waals surface area contributed by atoms with Crippen LogP contribution in [-0.4, -0.2) is 23.2 Å². The summed E-state index contributed by atoms with van der Waals surface area (Å²) in [6.45, 7) is 0. The number of hydrogen-bond acceptors (Lipinski definition) is 3. The van der Waals surface area contributed by atoms with Crippen molar-refractivity contribution in [3.05, 3.63) is 127 Å². The highest BCUT2D eigenvalue weighted by atomic mass is 32.2. The second kappa shape index (κ2) is 8.11. The van der Waals surface area contributed by atoms with Crippen molar-refractivity contribution in [1.82, 2.24) is 8.96 Å². The summed E-state index contributed by atoms with van der Waals surface area (Å²) >= 11 is 0. The SMILES string of the molecule is O=C(c1cccc(-c2cc3ccccc3n2S(=O)(=O)c2ccccc2)c1)c1ccc2cc[nH]c2c1. The number of aromatic nitrogens is 2. The Balaban J connectivity index is 1.51. The van der Waals surface area contributed by atoms with Crippen molar-refractivity contribution >= 4 is 37.6 Å². The monoisotopic (exact) mass is 476 g/mol. The van der Waals surface area contributed by atoms with Gasteiger partial charge in [0.05, 0.1) is 16.1 Å². The van der Waals surface area contributed by atoms with Crippen molar-refractivity contribution in [3.8, 4) is 11.3 Å². The van der Waals surface area contributed by atoms with E-state index in [0.29, 0.717) is 27.9 Å². The van der Waals surface area contributed by atoms with Crippen LogP contribution in [0.4, 0.5) is 0 Å². The molecule has 0 spiro atoms. The zero-order chi connectivity index (χ0) is 24.0. The maximum atomic E-state index is 13.7. The van der Waals surface area contributed by atoms with Crippen molar-refractivity contribution < 1.29 is 13.2 Å². The average molecular weight is 477 g/mol. The van der Waals surface area contributed by atoms with Gasteiger partial charge in [-0.1, -0.05) is 66.7 Å². The quantitative estimate of drug-likeness (QED) is 0.299. The highest BCUT2D eigenvalue weighted by molar-refractivity contribution is 7.90. The van der Waals surface area contributed by atoms with Crippen LogP contribution in [0.15, 0.2) is 120 Å². The van der Waals surface area contributed by atoms with Crippen LogP contribution in [-0.2, 0) is 10.0 Å². The van der Waals surface area contributed by atoms with Crippen LogP contribution in [0.2, 0.25) is 0 Å². The molecule has 6 rings (SSSR count). The molecule has 0 saturated carbocycles. The molecule has 35 heavy (non-hydrogen) atoms. The Morgan fingerprint density at radius 1 is 0.686 bits per heavy atom. The minimum Gasteiger partial charge on any atom is -0.361 e. The van der Waals surface area contributed by atoms with Crippen molar-refractivity contribution in [2.24, 2.45) is 0 Å². The van der Waals surface area contributed by atoms with E-state index in [2.05, 4.69) is 4.98 Å². The van der Waals surface area contributed by atoms with Crippen molar-refractivity contribution in [2.75, 3.05) is 0 Å². The molecule has 6 aromatic rings. The van der Waals surface area contributed by atoms with Gasteiger partial charge in [0.1, 0.15) is 0 Å². The number of benzene rings is 4. The summed E-state index contributed by atoms with van der Waals surface area (Å²) < 4.78 is 28.8. The summed E-state index contributed by atoms with van der Waals surface area (Å²) in [7, 11) is -3.88. The third kappa shape index (κ3) is 3.55.